The fourth-order valence-corrected chi connectivity index (χ4v) is 4.39. The second-order valence-corrected chi connectivity index (χ2v) is 7.25. The maximum Gasteiger partial charge on any atom is 0.253 e. The molecule has 6 rings (SSSR count). The molecule has 5 heteroatoms. The maximum absolute atomic E-state index is 14.4. The van der Waals surface area contributed by atoms with Crippen molar-refractivity contribution in [2.45, 2.75) is 18.9 Å². The predicted molar refractivity (Wildman–Crippen MR) is 95.3 cm³/mol. The highest BCUT2D eigenvalue weighted by Crippen LogP contribution is 2.28. The molecule has 1 atom stereocenters. The highest BCUT2D eigenvalue weighted by Gasteiger charge is 2.35. The van der Waals surface area contributed by atoms with Crippen molar-refractivity contribution >= 4 is 22.3 Å². The Morgan fingerprint density at radius 1 is 1.12 bits per heavy atom. The topological polar surface area (TPSA) is 36.8 Å². The number of benzene rings is 1. The van der Waals surface area contributed by atoms with E-state index in [1.165, 1.54) is 6.07 Å². The van der Waals surface area contributed by atoms with Gasteiger partial charge in [-0.2, -0.15) is 0 Å². The molecule has 25 heavy (non-hydrogen) atoms. The second-order valence-electron chi connectivity index (χ2n) is 7.25. The summed E-state index contributed by atoms with van der Waals surface area (Å²) in [5.74, 6) is 0.162. The summed E-state index contributed by atoms with van der Waals surface area (Å²) < 4.78 is 16.2. The Balaban J connectivity index is 1.49. The second kappa shape index (κ2) is 5.56. The van der Waals surface area contributed by atoms with Gasteiger partial charge in [0.1, 0.15) is 5.82 Å². The number of piperidine rings is 3. The minimum atomic E-state index is -0.305. The van der Waals surface area contributed by atoms with Crippen molar-refractivity contribution in [2.75, 3.05) is 19.6 Å². The van der Waals surface area contributed by atoms with Crippen molar-refractivity contribution < 1.29 is 9.18 Å². The van der Waals surface area contributed by atoms with Crippen LogP contribution in [-0.4, -0.2) is 40.9 Å². The van der Waals surface area contributed by atoms with Gasteiger partial charge in [0.15, 0.2) is 0 Å². The van der Waals surface area contributed by atoms with Gasteiger partial charge in [-0.3, -0.25) is 4.79 Å². The quantitative estimate of drug-likeness (QED) is 0.780. The van der Waals surface area contributed by atoms with Crippen molar-refractivity contribution in [3.05, 3.63) is 54.0 Å². The third-order valence-corrected chi connectivity index (χ3v) is 5.78. The predicted octanol–water partition coefficient (Wildman–Crippen LogP) is 3.06. The molecular formula is C20H20FN3O. The number of nitrogens with zero attached hydrogens (tertiary/aromatic N) is 2. The minimum absolute atomic E-state index is 0.106. The lowest BCUT2D eigenvalue weighted by atomic mass is 9.84. The fourth-order valence-electron chi connectivity index (χ4n) is 4.39. The Morgan fingerprint density at radius 3 is 2.68 bits per heavy atom. The molecule has 1 N–H and O–H groups in total. The molecule has 0 spiro atoms. The Morgan fingerprint density at radius 2 is 1.92 bits per heavy atom. The zero-order valence-electron chi connectivity index (χ0n) is 13.9. The number of para-hydroxylation sites is 1. The first-order valence-electron chi connectivity index (χ1n) is 8.91. The molecule has 0 saturated carbocycles. The lowest BCUT2D eigenvalue weighted by Gasteiger charge is -2.44. The third kappa shape index (κ3) is 2.42. The molecule has 2 bridgehead atoms. The van der Waals surface area contributed by atoms with E-state index in [9.17, 15) is 9.18 Å². The van der Waals surface area contributed by atoms with Crippen LogP contribution in [-0.2, 0) is 0 Å². The number of hydrogen-bond acceptors (Lipinski definition) is 2. The normalized spacial score (nSPS) is 25.6. The van der Waals surface area contributed by atoms with Crippen molar-refractivity contribution in [3.63, 3.8) is 0 Å². The van der Waals surface area contributed by atoms with Crippen molar-refractivity contribution in [2.24, 2.45) is 5.92 Å². The molecule has 5 heterocycles. The Kier molecular flexibility index (Phi) is 3.31. The first-order valence-corrected chi connectivity index (χ1v) is 8.91. The number of hydrogen-bond donors (Lipinski definition) is 1. The van der Waals surface area contributed by atoms with E-state index in [0.717, 1.165) is 43.4 Å². The minimum Gasteiger partial charge on any atom is -0.348 e. The number of halogens is 1. The highest BCUT2D eigenvalue weighted by atomic mass is 19.1. The van der Waals surface area contributed by atoms with Gasteiger partial charge in [0.05, 0.1) is 16.6 Å². The van der Waals surface area contributed by atoms with Gasteiger partial charge in [0.2, 0.25) is 0 Å². The molecule has 2 aromatic heterocycles. The standard InChI is InChI=1S/C20H20FN3O/c21-16-9-14-3-1-2-4-18(14)24-11-15(10-19(16)24)20(25)22-17-12-23-7-5-13(17)6-8-23/h1-4,9-11,13,17H,5-8,12H2,(H,22,25)/t17-/m0/s1. The molecule has 3 aromatic rings. The van der Waals surface area contributed by atoms with Crippen LogP contribution in [0.4, 0.5) is 4.39 Å². The molecule has 3 aliphatic heterocycles. The summed E-state index contributed by atoms with van der Waals surface area (Å²) in [6.07, 6.45) is 4.06. The van der Waals surface area contributed by atoms with Crippen LogP contribution in [0.1, 0.15) is 23.2 Å². The van der Waals surface area contributed by atoms with E-state index in [2.05, 4.69) is 10.2 Å². The van der Waals surface area contributed by atoms with Gasteiger partial charge in [-0.25, -0.2) is 4.39 Å². The van der Waals surface area contributed by atoms with Gasteiger partial charge in [0, 0.05) is 24.2 Å². The molecule has 4 nitrogen and oxygen atoms in total. The molecule has 3 saturated heterocycles. The van der Waals surface area contributed by atoms with E-state index < -0.39 is 0 Å². The molecule has 0 radical (unpaired) electrons. The van der Waals surface area contributed by atoms with Gasteiger partial charge in [-0.1, -0.05) is 18.2 Å². The van der Waals surface area contributed by atoms with Crippen LogP contribution >= 0.6 is 0 Å². The van der Waals surface area contributed by atoms with Crippen LogP contribution in [0.3, 0.4) is 0 Å². The van der Waals surface area contributed by atoms with E-state index in [-0.39, 0.29) is 17.8 Å². The van der Waals surface area contributed by atoms with E-state index in [4.69, 9.17) is 0 Å². The van der Waals surface area contributed by atoms with Gasteiger partial charge in [-0.05, 0) is 50.0 Å². The number of amides is 1. The Hall–Kier alpha value is -2.40. The average Bonchev–Trinajstić information content (AvgIpc) is 3.09. The van der Waals surface area contributed by atoms with E-state index in [1.54, 1.807) is 16.7 Å². The van der Waals surface area contributed by atoms with Crippen molar-refractivity contribution in [1.29, 1.82) is 0 Å². The lowest BCUT2D eigenvalue weighted by Crippen LogP contribution is -2.57. The Bertz CT molecular complexity index is 972. The summed E-state index contributed by atoms with van der Waals surface area (Å²) in [6.45, 7) is 3.22. The first-order chi connectivity index (χ1) is 12.2. The van der Waals surface area contributed by atoms with E-state index in [1.807, 2.05) is 24.3 Å². The number of aromatic nitrogens is 1. The van der Waals surface area contributed by atoms with Gasteiger partial charge in [-0.15, -0.1) is 0 Å². The number of carbonyl (C=O) groups excluding carboxylic acids is 1. The molecule has 3 fully saturated rings. The van der Waals surface area contributed by atoms with Crippen LogP contribution in [0, 0.1) is 11.7 Å². The maximum atomic E-state index is 14.4. The summed E-state index contributed by atoms with van der Waals surface area (Å²) in [4.78, 5) is 15.2. The summed E-state index contributed by atoms with van der Waals surface area (Å²) in [5.41, 5.74) is 1.87. The fraction of sp³-hybridized carbons (Fsp3) is 0.350. The molecule has 0 aliphatic carbocycles. The summed E-state index contributed by atoms with van der Waals surface area (Å²) >= 11 is 0. The number of fused-ring (bicyclic) bond motifs is 6. The van der Waals surface area contributed by atoms with Crippen LogP contribution < -0.4 is 5.32 Å². The number of rotatable bonds is 2. The molecular weight excluding hydrogens is 317 g/mol. The Labute approximate surface area is 145 Å². The van der Waals surface area contributed by atoms with Gasteiger partial charge >= 0.3 is 0 Å². The summed E-state index contributed by atoms with van der Waals surface area (Å²) in [7, 11) is 0. The molecule has 3 aliphatic rings. The SMILES string of the molecule is O=C(N[C@H]1CN2CCC1CC2)c1cc2c(F)cc3ccccc3n2c1. The number of carbonyl (C=O) groups is 1. The van der Waals surface area contributed by atoms with Crippen LogP contribution in [0.15, 0.2) is 42.6 Å². The zero-order chi connectivity index (χ0) is 17.0. The number of pyridine rings is 1. The summed E-state index contributed by atoms with van der Waals surface area (Å²) in [6, 6.07) is 11.0. The van der Waals surface area contributed by atoms with E-state index in [0.29, 0.717) is 17.0 Å². The first kappa shape index (κ1) is 14.9. The molecule has 1 aromatic carbocycles. The van der Waals surface area contributed by atoms with Crippen LogP contribution in [0.5, 0.6) is 0 Å². The lowest BCUT2D eigenvalue weighted by molar-refractivity contribution is 0.0620. The molecule has 1 amide bonds. The smallest absolute Gasteiger partial charge is 0.253 e. The molecule has 128 valence electrons. The van der Waals surface area contributed by atoms with Crippen LogP contribution in [0.25, 0.3) is 16.4 Å². The highest BCUT2D eigenvalue weighted by molar-refractivity contribution is 5.97. The largest absolute Gasteiger partial charge is 0.348 e. The third-order valence-electron chi connectivity index (χ3n) is 5.78. The van der Waals surface area contributed by atoms with Crippen LogP contribution in [0.2, 0.25) is 0 Å². The number of nitrogens with one attached hydrogen (secondary N) is 1. The van der Waals surface area contributed by atoms with Gasteiger partial charge < -0.3 is 14.6 Å². The van der Waals surface area contributed by atoms with Gasteiger partial charge in [0.25, 0.3) is 5.91 Å². The van der Waals surface area contributed by atoms with Crippen molar-refractivity contribution in [3.8, 4) is 0 Å². The van der Waals surface area contributed by atoms with E-state index >= 15 is 0 Å². The summed E-state index contributed by atoms with van der Waals surface area (Å²) in [5, 5.41) is 4.01. The monoisotopic (exact) mass is 337 g/mol. The average molecular weight is 337 g/mol. The van der Waals surface area contributed by atoms with Crippen molar-refractivity contribution in [1.82, 2.24) is 14.6 Å². The zero-order valence-corrected chi connectivity index (χ0v) is 13.9. The molecule has 0 unspecified atom stereocenters.